The van der Waals surface area contributed by atoms with Crippen molar-refractivity contribution < 1.29 is 9.18 Å². The van der Waals surface area contributed by atoms with Gasteiger partial charge in [0.1, 0.15) is 5.82 Å². The van der Waals surface area contributed by atoms with Crippen molar-refractivity contribution in [1.29, 1.82) is 0 Å². The summed E-state index contributed by atoms with van der Waals surface area (Å²) in [6.45, 7) is 7.14. The van der Waals surface area contributed by atoms with Crippen LogP contribution in [0.15, 0.2) is 84.0 Å². The summed E-state index contributed by atoms with van der Waals surface area (Å²) in [5.74, 6) is -0.127. The predicted molar refractivity (Wildman–Crippen MR) is 140 cm³/mol. The number of nitrogen functional groups attached to an aromatic ring is 1. The molecule has 2 aromatic rings. The number of nitrogens with zero attached hydrogens (tertiary/aromatic N) is 3. The molecule has 5 nitrogen and oxygen atoms in total. The second-order valence-corrected chi connectivity index (χ2v) is 9.30. The lowest BCUT2D eigenvalue weighted by Crippen LogP contribution is -2.47. The lowest BCUT2D eigenvalue weighted by atomic mass is 9.95. The number of hydrogen-bond acceptors (Lipinski definition) is 4. The molecule has 0 bridgehead atoms. The van der Waals surface area contributed by atoms with Crippen molar-refractivity contribution in [3.05, 3.63) is 101 Å². The van der Waals surface area contributed by atoms with Gasteiger partial charge in [-0.1, -0.05) is 48.6 Å². The summed E-state index contributed by atoms with van der Waals surface area (Å²) >= 11 is 0. The van der Waals surface area contributed by atoms with Gasteiger partial charge in [-0.3, -0.25) is 14.6 Å². The molecule has 1 aliphatic carbocycles. The molecule has 4 rings (SSSR count). The molecule has 2 N–H and O–H groups in total. The Labute approximate surface area is 208 Å². The smallest absolute Gasteiger partial charge is 0.249 e. The number of anilines is 1. The predicted octanol–water partition coefficient (Wildman–Crippen LogP) is 4.56. The van der Waals surface area contributed by atoms with Crippen LogP contribution in [0, 0.1) is 5.82 Å². The van der Waals surface area contributed by atoms with Gasteiger partial charge in [-0.05, 0) is 54.3 Å². The van der Waals surface area contributed by atoms with E-state index in [1.54, 1.807) is 4.90 Å². The van der Waals surface area contributed by atoms with E-state index in [4.69, 9.17) is 5.73 Å². The standard InChI is InChI=1S/C29H35FN4O/c1-3-32(2)29(35)24-7-4-6-23(12-13-24)28(25-8-5-9-27(31)20-25)34-18-16-33(17-19-34)21-22-10-14-26(30)15-11-22/h4-6,8-15,20,28H,3,7,16-19,21,31H2,1-2H3. The molecule has 1 heterocycles. The average Bonchev–Trinajstić information content (AvgIpc) is 3.12. The number of allylic oxidation sites excluding steroid dienone is 3. The van der Waals surface area contributed by atoms with Crippen molar-refractivity contribution >= 4 is 11.6 Å². The Hall–Kier alpha value is -3.22. The highest BCUT2D eigenvalue weighted by atomic mass is 19.1. The Morgan fingerprint density at radius 2 is 1.83 bits per heavy atom. The van der Waals surface area contributed by atoms with Crippen molar-refractivity contribution in [2.75, 3.05) is 45.5 Å². The van der Waals surface area contributed by atoms with Gasteiger partial charge < -0.3 is 10.6 Å². The van der Waals surface area contributed by atoms with Crippen LogP contribution in [-0.2, 0) is 11.3 Å². The second kappa shape index (κ2) is 11.5. The van der Waals surface area contributed by atoms with Crippen molar-refractivity contribution in [3.8, 4) is 0 Å². The summed E-state index contributed by atoms with van der Waals surface area (Å²) < 4.78 is 13.3. The van der Waals surface area contributed by atoms with Crippen LogP contribution in [0.3, 0.4) is 0 Å². The normalized spacial score (nSPS) is 17.9. The van der Waals surface area contributed by atoms with E-state index in [0.717, 1.165) is 60.7 Å². The number of nitrogens with two attached hydrogens (primary N) is 1. The monoisotopic (exact) mass is 474 g/mol. The van der Waals surface area contributed by atoms with E-state index < -0.39 is 0 Å². The molecular formula is C29H35FN4O. The van der Waals surface area contributed by atoms with Gasteiger partial charge in [0.15, 0.2) is 0 Å². The lowest BCUT2D eigenvalue weighted by molar-refractivity contribution is -0.125. The molecule has 1 saturated heterocycles. The van der Waals surface area contributed by atoms with E-state index in [9.17, 15) is 9.18 Å². The van der Waals surface area contributed by atoms with Gasteiger partial charge in [-0.25, -0.2) is 4.39 Å². The van der Waals surface area contributed by atoms with Crippen LogP contribution in [0.25, 0.3) is 0 Å². The van der Waals surface area contributed by atoms with Crippen molar-refractivity contribution in [2.24, 2.45) is 0 Å². The second-order valence-electron chi connectivity index (χ2n) is 9.30. The SMILES string of the molecule is CCN(C)C(=O)C1=CC=C(C(c2cccc(N)c2)N2CCN(Cc3ccc(F)cc3)CC2)C=CC1. The first-order valence-corrected chi connectivity index (χ1v) is 12.3. The van der Waals surface area contributed by atoms with E-state index in [-0.39, 0.29) is 17.8 Å². The topological polar surface area (TPSA) is 52.8 Å². The lowest BCUT2D eigenvalue weighted by Gasteiger charge is -2.40. The van der Waals surface area contributed by atoms with Crippen molar-refractivity contribution in [1.82, 2.24) is 14.7 Å². The number of halogens is 1. The molecular weight excluding hydrogens is 439 g/mol. The third kappa shape index (κ3) is 6.27. The van der Waals surface area contributed by atoms with Gasteiger partial charge in [0.2, 0.25) is 5.91 Å². The van der Waals surface area contributed by atoms with Gasteiger partial charge in [-0.2, -0.15) is 0 Å². The van der Waals surface area contributed by atoms with Gasteiger partial charge >= 0.3 is 0 Å². The van der Waals surface area contributed by atoms with E-state index >= 15 is 0 Å². The van der Waals surface area contributed by atoms with Crippen LogP contribution in [0.2, 0.25) is 0 Å². The molecule has 184 valence electrons. The fraction of sp³-hybridized carbons (Fsp3) is 0.345. The molecule has 0 radical (unpaired) electrons. The largest absolute Gasteiger partial charge is 0.399 e. The highest BCUT2D eigenvalue weighted by molar-refractivity contribution is 5.94. The van der Waals surface area contributed by atoms with Gasteiger partial charge in [0.05, 0.1) is 6.04 Å². The number of piperazine rings is 1. The van der Waals surface area contributed by atoms with Crippen molar-refractivity contribution in [3.63, 3.8) is 0 Å². The van der Waals surface area contributed by atoms with Gasteiger partial charge in [0, 0.05) is 57.6 Å². The van der Waals surface area contributed by atoms with Crippen LogP contribution in [0.5, 0.6) is 0 Å². The van der Waals surface area contributed by atoms with E-state index in [1.165, 1.54) is 12.1 Å². The minimum absolute atomic E-state index is 0.0531. The summed E-state index contributed by atoms with van der Waals surface area (Å²) in [5.41, 5.74) is 11.1. The Kier molecular flexibility index (Phi) is 8.16. The summed E-state index contributed by atoms with van der Waals surface area (Å²) in [6, 6.07) is 14.9. The highest BCUT2D eigenvalue weighted by Crippen LogP contribution is 2.33. The number of carbonyl (C=O) groups is 1. The summed E-state index contributed by atoms with van der Waals surface area (Å²) in [5, 5.41) is 0. The summed E-state index contributed by atoms with van der Waals surface area (Å²) in [7, 11) is 1.84. The number of rotatable bonds is 7. The molecule has 2 aliphatic rings. The highest BCUT2D eigenvalue weighted by Gasteiger charge is 2.28. The minimum atomic E-state index is -0.200. The molecule has 1 fully saturated rings. The molecule has 1 amide bonds. The van der Waals surface area contributed by atoms with Crippen LogP contribution in [0.1, 0.15) is 30.5 Å². The van der Waals surface area contributed by atoms with Gasteiger partial charge in [0.25, 0.3) is 0 Å². The Morgan fingerprint density at radius 3 is 2.51 bits per heavy atom. The number of likely N-dealkylation sites (N-methyl/N-ethyl adjacent to an activating group) is 1. The third-order valence-electron chi connectivity index (χ3n) is 6.85. The quantitative estimate of drug-likeness (QED) is 0.598. The Bertz CT molecular complexity index is 1110. The Balaban J connectivity index is 1.54. The molecule has 1 unspecified atom stereocenters. The molecule has 1 atom stereocenters. The average molecular weight is 475 g/mol. The molecule has 2 aromatic carbocycles. The maximum Gasteiger partial charge on any atom is 0.249 e. The number of carbonyl (C=O) groups excluding carboxylic acids is 1. The zero-order valence-corrected chi connectivity index (χ0v) is 20.7. The molecule has 6 heteroatoms. The van der Waals surface area contributed by atoms with E-state index in [0.29, 0.717) is 13.0 Å². The van der Waals surface area contributed by atoms with Crippen LogP contribution < -0.4 is 5.73 Å². The van der Waals surface area contributed by atoms with Crippen LogP contribution >= 0.6 is 0 Å². The minimum Gasteiger partial charge on any atom is -0.399 e. The van der Waals surface area contributed by atoms with Crippen molar-refractivity contribution in [2.45, 2.75) is 25.9 Å². The van der Waals surface area contributed by atoms with Crippen LogP contribution in [0.4, 0.5) is 10.1 Å². The fourth-order valence-electron chi connectivity index (χ4n) is 4.74. The maximum absolute atomic E-state index is 13.3. The first kappa shape index (κ1) is 24.9. The van der Waals surface area contributed by atoms with Gasteiger partial charge in [-0.15, -0.1) is 0 Å². The van der Waals surface area contributed by atoms with E-state index in [1.807, 2.05) is 44.3 Å². The molecule has 35 heavy (non-hydrogen) atoms. The van der Waals surface area contributed by atoms with E-state index in [2.05, 4.69) is 40.2 Å². The molecule has 0 aromatic heterocycles. The summed E-state index contributed by atoms with van der Waals surface area (Å²) in [6.07, 6.45) is 8.95. The zero-order valence-electron chi connectivity index (χ0n) is 20.7. The molecule has 0 saturated carbocycles. The Morgan fingerprint density at radius 1 is 1.09 bits per heavy atom. The fourth-order valence-corrected chi connectivity index (χ4v) is 4.74. The number of amides is 1. The summed E-state index contributed by atoms with van der Waals surface area (Å²) in [4.78, 5) is 19.4. The maximum atomic E-state index is 13.3. The number of hydrogen-bond donors (Lipinski definition) is 1. The first-order valence-electron chi connectivity index (χ1n) is 12.3. The molecule has 1 aliphatic heterocycles. The molecule has 0 spiro atoms. The zero-order chi connectivity index (χ0) is 24.8. The van der Waals surface area contributed by atoms with Crippen LogP contribution in [-0.4, -0.2) is 60.4 Å². The number of benzene rings is 2. The third-order valence-corrected chi connectivity index (χ3v) is 6.85. The first-order chi connectivity index (χ1) is 16.9.